The van der Waals surface area contributed by atoms with Gasteiger partial charge in [-0.3, -0.25) is 0 Å². The lowest BCUT2D eigenvalue weighted by Crippen LogP contribution is -2.60. The van der Waals surface area contributed by atoms with E-state index in [9.17, 15) is 10.2 Å². The lowest BCUT2D eigenvalue weighted by Gasteiger charge is -2.62. The second-order valence-electron chi connectivity index (χ2n) is 8.88. The molecule has 0 aromatic carbocycles. The van der Waals surface area contributed by atoms with Crippen molar-refractivity contribution >= 4 is 0 Å². The first kappa shape index (κ1) is 17.7. The van der Waals surface area contributed by atoms with E-state index >= 15 is 0 Å². The second kappa shape index (κ2) is 5.79. The van der Waals surface area contributed by atoms with Gasteiger partial charge < -0.3 is 10.2 Å². The summed E-state index contributed by atoms with van der Waals surface area (Å²) >= 11 is 0. The van der Waals surface area contributed by atoms with Gasteiger partial charge in [0.25, 0.3) is 0 Å². The molecule has 22 heavy (non-hydrogen) atoms. The highest BCUT2D eigenvalue weighted by atomic mass is 16.3. The third kappa shape index (κ3) is 2.92. The molecule has 0 amide bonds. The minimum Gasteiger partial charge on any atom is -0.390 e. The van der Waals surface area contributed by atoms with E-state index in [-0.39, 0.29) is 11.3 Å². The zero-order chi connectivity index (χ0) is 16.8. The molecule has 2 fully saturated rings. The Morgan fingerprint density at radius 2 is 1.82 bits per heavy atom. The number of hydrogen-bond acceptors (Lipinski definition) is 2. The van der Waals surface area contributed by atoms with Gasteiger partial charge in [-0.25, -0.2) is 0 Å². The Morgan fingerprint density at radius 3 is 2.41 bits per heavy atom. The molecule has 0 spiro atoms. The molecule has 0 unspecified atom stereocenters. The molecule has 0 heterocycles. The molecular weight excluding hydrogens is 272 g/mol. The monoisotopic (exact) mass is 306 g/mol. The standard InChI is InChI=1S/C20H34O2/c1-7-14(2)13-15(21)17-19(5)11-8-10-18(3,4)16(19)9-12-20(17,6)22/h7,13,15-17,21-22H,1,8-12H2,2-6H3/b14-13+/t15-,16-,17+,19-,20+/m0/s1. The molecule has 2 nitrogen and oxygen atoms in total. The first-order valence-corrected chi connectivity index (χ1v) is 8.76. The number of aliphatic hydroxyl groups is 2. The van der Waals surface area contributed by atoms with Crippen LogP contribution in [0, 0.1) is 22.7 Å². The molecule has 0 bridgehead atoms. The Bertz CT molecular complexity index is 460. The molecule has 2 N–H and O–H groups in total. The van der Waals surface area contributed by atoms with Crippen LogP contribution in [0.15, 0.2) is 24.3 Å². The van der Waals surface area contributed by atoms with Gasteiger partial charge in [0.1, 0.15) is 0 Å². The highest BCUT2D eigenvalue weighted by Gasteiger charge is 2.59. The molecular formula is C20H34O2. The van der Waals surface area contributed by atoms with E-state index in [4.69, 9.17) is 0 Å². The molecule has 0 aromatic heterocycles. The normalized spacial score (nSPS) is 43.3. The van der Waals surface area contributed by atoms with Crippen molar-refractivity contribution in [2.24, 2.45) is 22.7 Å². The third-order valence-electron chi connectivity index (χ3n) is 6.69. The Hall–Kier alpha value is -0.600. The summed E-state index contributed by atoms with van der Waals surface area (Å²) in [5.74, 6) is 0.444. The molecule has 5 atom stereocenters. The predicted octanol–water partition coefficient (Wildman–Crippen LogP) is 4.47. The van der Waals surface area contributed by atoms with Crippen LogP contribution in [-0.2, 0) is 0 Å². The molecule has 0 aliphatic heterocycles. The van der Waals surface area contributed by atoms with Crippen molar-refractivity contribution in [3.05, 3.63) is 24.3 Å². The van der Waals surface area contributed by atoms with Crippen molar-refractivity contribution in [1.82, 2.24) is 0 Å². The van der Waals surface area contributed by atoms with Crippen molar-refractivity contribution in [2.45, 2.75) is 78.4 Å². The molecule has 2 rings (SSSR count). The fraction of sp³-hybridized carbons (Fsp3) is 0.800. The van der Waals surface area contributed by atoms with Gasteiger partial charge in [0.2, 0.25) is 0 Å². The van der Waals surface area contributed by atoms with Crippen LogP contribution in [0.25, 0.3) is 0 Å². The smallest absolute Gasteiger partial charge is 0.0787 e. The van der Waals surface area contributed by atoms with Crippen LogP contribution < -0.4 is 0 Å². The third-order valence-corrected chi connectivity index (χ3v) is 6.69. The van der Waals surface area contributed by atoms with E-state index in [1.807, 2.05) is 19.9 Å². The van der Waals surface area contributed by atoms with Crippen LogP contribution in [0.4, 0.5) is 0 Å². The zero-order valence-corrected chi connectivity index (χ0v) is 15.0. The van der Waals surface area contributed by atoms with E-state index in [2.05, 4.69) is 27.4 Å². The number of allylic oxidation sites excluding steroid dienone is 2. The molecule has 126 valence electrons. The predicted molar refractivity (Wildman–Crippen MR) is 92.5 cm³/mol. The van der Waals surface area contributed by atoms with Crippen molar-refractivity contribution in [3.8, 4) is 0 Å². The van der Waals surface area contributed by atoms with Gasteiger partial charge in [-0.05, 0) is 56.3 Å². The van der Waals surface area contributed by atoms with Gasteiger partial charge in [0, 0.05) is 5.92 Å². The number of aliphatic hydroxyl groups excluding tert-OH is 1. The van der Waals surface area contributed by atoms with Crippen LogP contribution in [0.5, 0.6) is 0 Å². The highest BCUT2D eigenvalue weighted by molar-refractivity contribution is 5.19. The Kier molecular flexibility index (Phi) is 4.68. The number of hydrogen-bond donors (Lipinski definition) is 2. The molecule has 2 heteroatoms. The summed E-state index contributed by atoms with van der Waals surface area (Å²) in [7, 11) is 0. The van der Waals surface area contributed by atoms with Crippen LogP contribution in [0.2, 0.25) is 0 Å². The van der Waals surface area contributed by atoms with Crippen LogP contribution in [0.3, 0.4) is 0 Å². The lowest BCUT2D eigenvalue weighted by atomic mass is 9.45. The first-order chi connectivity index (χ1) is 10.0. The molecule has 0 aromatic rings. The summed E-state index contributed by atoms with van der Waals surface area (Å²) in [6, 6.07) is 0. The van der Waals surface area contributed by atoms with Gasteiger partial charge in [-0.2, -0.15) is 0 Å². The fourth-order valence-corrected chi connectivity index (χ4v) is 5.75. The maximum atomic E-state index is 11.0. The van der Waals surface area contributed by atoms with Crippen molar-refractivity contribution in [3.63, 3.8) is 0 Å². The quantitative estimate of drug-likeness (QED) is 0.755. The number of rotatable bonds is 3. The zero-order valence-electron chi connectivity index (χ0n) is 15.0. The second-order valence-corrected chi connectivity index (χ2v) is 8.88. The molecule has 0 saturated heterocycles. The van der Waals surface area contributed by atoms with E-state index in [1.165, 1.54) is 12.8 Å². The summed E-state index contributed by atoms with van der Waals surface area (Å²) in [6.07, 6.45) is 8.40. The summed E-state index contributed by atoms with van der Waals surface area (Å²) in [5, 5.41) is 22.0. The minimum atomic E-state index is -0.809. The SMILES string of the molecule is C=C/C(C)=C/[C@H](O)[C@@H]1[C@@]2(C)CCCC(C)(C)[C@@H]2CC[C@@]1(C)O. The van der Waals surface area contributed by atoms with E-state index in [0.717, 1.165) is 24.8 Å². The average molecular weight is 306 g/mol. The van der Waals surface area contributed by atoms with Crippen molar-refractivity contribution in [2.75, 3.05) is 0 Å². The molecule has 0 radical (unpaired) electrons. The largest absolute Gasteiger partial charge is 0.390 e. The summed E-state index contributed by atoms with van der Waals surface area (Å²) in [4.78, 5) is 0. The van der Waals surface area contributed by atoms with E-state index in [0.29, 0.717) is 11.3 Å². The van der Waals surface area contributed by atoms with E-state index < -0.39 is 11.7 Å². The topological polar surface area (TPSA) is 40.5 Å². The van der Waals surface area contributed by atoms with Crippen LogP contribution >= 0.6 is 0 Å². The molecule has 2 aliphatic rings. The average Bonchev–Trinajstić information content (AvgIpc) is 2.35. The summed E-state index contributed by atoms with van der Waals surface area (Å²) in [5.41, 5.74) is 0.444. The summed E-state index contributed by atoms with van der Waals surface area (Å²) in [6.45, 7) is 14.7. The molecule has 2 saturated carbocycles. The maximum absolute atomic E-state index is 11.0. The Labute approximate surface area is 136 Å². The molecule has 2 aliphatic carbocycles. The van der Waals surface area contributed by atoms with Gasteiger partial charge in [0.15, 0.2) is 0 Å². The lowest BCUT2D eigenvalue weighted by molar-refractivity contribution is -0.191. The fourth-order valence-electron chi connectivity index (χ4n) is 5.75. The van der Waals surface area contributed by atoms with Crippen molar-refractivity contribution < 1.29 is 10.2 Å². The summed E-state index contributed by atoms with van der Waals surface area (Å²) < 4.78 is 0. The van der Waals surface area contributed by atoms with Crippen molar-refractivity contribution in [1.29, 1.82) is 0 Å². The van der Waals surface area contributed by atoms with Gasteiger partial charge in [-0.15, -0.1) is 0 Å². The minimum absolute atomic E-state index is 0.0130. The highest BCUT2D eigenvalue weighted by Crippen LogP contribution is 2.62. The Balaban J connectivity index is 2.44. The van der Waals surface area contributed by atoms with Gasteiger partial charge in [0.05, 0.1) is 11.7 Å². The first-order valence-electron chi connectivity index (χ1n) is 8.76. The van der Waals surface area contributed by atoms with Crippen LogP contribution in [-0.4, -0.2) is 21.9 Å². The van der Waals surface area contributed by atoms with Crippen LogP contribution in [0.1, 0.15) is 66.7 Å². The Morgan fingerprint density at radius 1 is 1.18 bits per heavy atom. The maximum Gasteiger partial charge on any atom is 0.0787 e. The number of fused-ring (bicyclic) bond motifs is 1. The van der Waals surface area contributed by atoms with E-state index in [1.54, 1.807) is 6.08 Å². The van der Waals surface area contributed by atoms with Gasteiger partial charge >= 0.3 is 0 Å². The van der Waals surface area contributed by atoms with Gasteiger partial charge in [-0.1, -0.05) is 51.5 Å².